The highest BCUT2D eigenvalue weighted by molar-refractivity contribution is 7.89. The van der Waals surface area contributed by atoms with Crippen molar-refractivity contribution >= 4 is 27.3 Å². The number of benzene rings is 1. The molecular weight excluding hydrogens is 368 g/mol. The molecule has 3 rings (SSSR count). The Hall–Kier alpha value is -3.04. The minimum Gasteiger partial charge on any atom is -0.316 e. The number of nitrogens with zero attached hydrogens (tertiary/aromatic N) is 2. The SMILES string of the molecule is CCCNS(=O)(=O)c1ccc(C(=O)Nc2cnc3ccccn3c2=O)cc1. The van der Waals surface area contributed by atoms with Crippen LogP contribution in [0, 0.1) is 0 Å². The van der Waals surface area contributed by atoms with E-state index in [1.165, 1.54) is 34.9 Å². The van der Waals surface area contributed by atoms with Crippen LogP contribution >= 0.6 is 0 Å². The van der Waals surface area contributed by atoms with Crippen LogP contribution in [0.4, 0.5) is 5.69 Å². The number of aromatic nitrogens is 2. The Morgan fingerprint density at radius 3 is 2.59 bits per heavy atom. The summed E-state index contributed by atoms with van der Waals surface area (Å²) in [5.41, 5.74) is 0.318. The van der Waals surface area contributed by atoms with Gasteiger partial charge in [-0.1, -0.05) is 13.0 Å². The summed E-state index contributed by atoms with van der Waals surface area (Å²) < 4.78 is 27.9. The van der Waals surface area contributed by atoms with Crippen LogP contribution in [0.25, 0.3) is 5.65 Å². The molecule has 8 nitrogen and oxygen atoms in total. The minimum atomic E-state index is -3.60. The van der Waals surface area contributed by atoms with Gasteiger partial charge in [0.2, 0.25) is 10.0 Å². The molecule has 1 amide bonds. The van der Waals surface area contributed by atoms with Gasteiger partial charge in [-0.3, -0.25) is 14.0 Å². The number of carbonyl (C=O) groups excluding carboxylic acids is 1. The molecule has 0 radical (unpaired) electrons. The lowest BCUT2D eigenvalue weighted by Gasteiger charge is -2.08. The van der Waals surface area contributed by atoms with E-state index in [4.69, 9.17) is 0 Å². The summed E-state index contributed by atoms with van der Waals surface area (Å²) in [5.74, 6) is -0.532. The molecule has 0 atom stereocenters. The van der Waals surface area contributed by atoms with Crippen molar-refractivity contribution in [3.8, 4) is 0 Å². The maximum atomic E-state index is 12.4. The zero-order chi connectivity index (χ0) is 19.4. The quantitative estimate of drug-likeness (QED) is 0.669. The van der Waals surface area contributed by atoms with Gasteiger partial charge in [-0.2, -0.15) is 0 Å². The molecular formula is C18H18N4O4S. The fraction of sp³-hybridized carbons (Fsp3) is 0.167. The Morgan fingerprint density at radius 1 is 1.15 bits per heavy atom. The number of anilines is 1. The Balaban J connectivity index is 1.81. The highest BCUT2D eigenvalue weighted by Gasteiger charge is 2.15. The molecule has 2 aromatic heterocycles. The Bertz CT molecular complexity index is 1140. The van der Waals surface area contributed by atoms with Crippen LogP contribution in [0.2, 0.25) is 0 Å². The van der Waals surface area contributed by atoms with Crippen LogP contribution in [0.1, 0.15) is 23.7 Å². The first-order valence-electron chi connectivity index (χ1n) is 8.30. The lowest BCUT2D eigenvalue weighted by molar-refractivity contribution is 0.102. The number of rotatable bonds is 6. The zero-order valence-electron chi connectivity index (χ0n) is 14.5. The molecule has 0 aliphatic heterocycles. The summed E-state index contributed by atoms with van der Waals surface area (Å²) in [4.78, 5) is 29.0. The van der Waals surface area contributed by atoms with Gasteiger partial charge in [-0.05, 0) is 42.8 Å². The predicted molar refractivity (Wildman–Crippen MR) is 101 cm³/mol. The predicted octanol–water partition coefficient (Wildman–Crippen LogP) is 1.64. The van der Waals surface area contributed by atoms with Crippen molar-refractivity contribution in [1.82, 2.24) is 14.1 Å². The molecule has 0 spiro atoms. The number of hydrogen-bond donors (Lipinski definition) is 2. The number of carbonyl (C=O) groups is 1. The molecule has 140 valence electrons. The Labute approximate surface area is 155 Å². The topological polar surface area (TPSA) is 110 Å². The first-order chi connectivity index (χ1) is 12.9. The second-order valence-electron chi connectivity index (χ2n) is 5.78. The van der Waals surface area contributed by atoms with Crippen molar-refractivity contribution in [2.24, 2.45) is 0 Å². The molecule has 0 saturated heterocycles. The van der Waals surface area contributed by atoms with Crippen molar-refractivity contribution in [2.75, 3.05) is 11.9 Å². The van der Waals surface area contributed by atoms with Crippen LogP contribution in [-0.2, 0) is 10.0 Å². The number of amides is 1. The number of pyridine rings is 1. The van der Waals surface area contributed by atoms with Crippen molar-refractivity contribution in [3.63, 3.8) is 0 Å². The van der Waals surface area contributed by atoms with Crippen LogP contribution in [0.3, 0.4) is 0 Å². The van der Waals surface area contributed by atoms with E-state index in [-0.39, 0.29) is 16.1 Å². The van der Waals surface area contributed by atoms with Crippen LogP contribution in [0.5, 0.6) is 0 Å². The van der Waals surface area contributed by atoms with Gasteiger partial charge >= 0.3 is 0 Å². The highest BCUT2D eigenvalue weighted by Crippen LogP contribution is 2.12. The second kappa shape index (κ2) is 7.68. The molecule has 27 heavy (non-hydrogen) atoms. The molecule has 2 N–H and O–H groups in total. The molecule has 1 aromatic carbocycles. The van der Waals surface area contributed by atoms with Crippen molar-refractivity contribution in [1.29, 1.82) is 0 Å². The monoisotopic (exact) mass is 386 g/mol. The fourth-order valence-electron chi connectivity index (χ4n) is 2.41. The summed E-state index contributed by atoms with van der Waals surface area (Å²) >= 11 is 0. The number of hydrogen-bond acceptors (Lipinski definition) is 5. The molecule has 0 saturated carbocycles. The van der Waals surface area contributed by atoms with E-state index >= 15 is 0 Å². The lowest BCUT2D eigenvalue weighted by Crippen LogP contribution is -2.25. The zero-order valence-corrected chi connectivity index (χ0v) is 15.4. The number of nitrogens with one attached hydrogen (secondary N) is 2. The molecule has 0 aliphatic rings. The van der Waals surface area contributed by atoms with Gasteiger partial charge in [0.1, 0.15) is 11.3 Å². The van der Waals surface area contributed by atoms with Gasteiger partial charge in [-0.15, -0.1) is 0 Å². The summed E-state index contributed by atoms with van der Waals surface area (Å²) in [6.07, 6.45) is 3.53. The average molecular weight is 386 g/mol. The minimum absolute atomic E-state index is 0.0324. The summed E-state index contributed by atoms with van der Waals surface area (Å²) in [5, 5.41) is 2.51. The fourth-order valence-corrected chi connectivity index (χ4v) is 3.55. The number of sulfonamides is 1. The van der Waals surface area contributed by atoms with Crippen LogP contribution in [0.15, 0.2) is 64.5 Å². The van der Waals surface area contributed by atoms with E-state index in [1.54, 1.807) is 24.4 Å². The Morgan fingerprint density at radius 2 is 1.89 bits per heavy atom. The van der Waals surface area contributed by atoms with E-state index < -0.39 is 21.5 Å². The molecule has 3 aromatic rings. The van der Waals surface area contributed by atoms with Crippen molar-refractivity contribution in [2.45, 2.75) is 18.2 Å². The molecule has 0 unspecified atom stereocenters. The second-order valence-corrected chi connectivity index (χ2v) is 7.55. The highest BCUT2D eigenvalue weighted by atomic mass is 32.2. The third-order valence-electron chi connectivity index (χ3n) is 3.83. The molecule has 2 heterocycles. The lowest BCUT2D eigenvalue weighted by atomic mass is 10.2. The largest absolute Gasteiger partial charge is 0.316 e. The first kappa shape index (κ1) is 18.7. The average Bonchev–Trinajstić information content (AvgIpc) is 2.69. The Kier molecular flexibility index (Phi) is 5.33. The van der Waals surface area contributed by atoms with Crippen molar-refractivity contribution < 1.29 is 13.2 Å². The maximum absolute atomic E-state index is 12.4. The van der Waals surface area contributed by atoms with Crippen LogP contribution < -0.4 is 15.6 Å². The van der Waals surface area contributed by atoms with Gasteiger partial charge in [-0.25, -0.2) is 18.1 Å². The molecule has 9 heteroatoms. The van der Waals surface area contributed by atoms with E-state index in [1.807, 2.05) is 6.92 Å². The number of fused-ring (bicyclic) bond motifs is 1. The maximum Gasteiger partial charge on any atom is 0.281 e. The van der Waals surface area contributed by atoms with Gasteiger partial charge in [0.25, 0.3) is 11.5 Å². The summed E-state index contributed by atoms with van der Waals surface area (Å²) in [6, 6.07) is 10.6. The van der Waals surface area contributed by atoms with Gasteiger partial charge < -0.3 is 5.32 Å². The molecule has 0 aliphatic carbocycles. The first-order valence-corrected chi connectivity index (χ1v) is 9.78. The standard InChI is InChI=1S/C18H18N4O4S/c1-2-10-20-27(25,26)14-8-6-13(7-9-14)17(23)21-15-12-19-16-5-3-4-11-22(16)18(15)24/h3-9,11-12,20H,2,10H2,1H3,(H,21,23). The van der Waals surface area contributed by atoms with Gasteiger partial charge in [0.05, 0.1) is 11.1 Å². The molecule has 0 bridgehead atoms. The summed E-state index contributed by atoms with van der Waals surface area (Å²) in [7, 11) is -3.60. The third-order valence-corrected chi connectivity index (χ3v) is 5.31. The van der Waals surface area contributed by atoms with E-state index in [9.17, 15) is 18.0 Å². The summed E-state index contributed by atoms with van der Waals surface area (Å²) in [6.45, 7) is 2.20. The molecule has 0 fully saturated rings. The third kappa shape index (κ3) is 4.04. The van der Waals surface area contributed by atoms with Gasteiger partial charge in [0.15, 0.2) is 0 Å². The van der Waals surface area contributed by atoms with Crippen molar-refractivity contribution in [3.05, 3.63) is 70.8 Å². The van der Waals surface area contributed by atoms with Crippen LogP contribution in [-0.4, -0.2) is 30.3 Å². The van der Waals surface area contributed by atoms with E-state index in [2.05, 4.69) is 15.0 Å². The van der Waals surface area contributed by atoms with Gasteiger partial charge in [0, 0.05) is 18.3 Å². The smallest absolute Gasteiger partial charge is 0.281 e. The normalized spacial score (nSPS) is 11.4. The van der Waals surface area contributed by atoms with E-state index in [0.717, 1.165) is 0 Å². The van der Waals surface area contributed by atoms with E-state index in [0.29, 0.717) is 18.6 Å².